The summed E-state index contributed by atoms with van der Waals surface area (Å²) < 4.78 is 9.89. The number of hydrogen-bond donors (Lipinski definition) is 0. The van der Waals surface area contributed by atoms with Gasteiger partial charge in [0.15, 0.2) is 5.78 Å². The quantitative estimate of drug-likeness (QED) is 0.647. The highest BCUT2D eigenvalue weighted by molar-refractivity contribution is 6.05. The Bertz CT molecular complexity index is 342. The lowest BCUT2D eigenvalue weighted by Gasteiger charge is -2.27. The molecule has 0 N–H and O–H groups in total. The van der Waals surface area contributed by atoms with Gasteiger partial charge in [-0.05, 0) is 13.8 Å². The molecule has 1 aliphatic carbocycles. The molecule has 4 heteroatoms. The summed E-state index contributed by atoms with van der Waals surface area (Å²) in [6.45, 7) is 5.07. The van der Waals surface area contributed by atoms with Crippen LogP contribution in [0.5, 0.6) is 0 Å². The van der Waals surface area contributed by atoms with Gasteiger partial charge in [0, 0.05) is 11.5 Å². The molecule has 0 aromatic carbocycles. The third-order valence-electron chi connectivity index (χ3n) is 3.25. The first-order valence-electron chi connectivity index (χ1n) is 4.79. The van der Waals surface area contributed by atoms with E-state index in [2.05, 4.69) is 0 Å². The molecule has 1 rings (SSSR count). The van der Waals surface area contributed by atoms with E-state index in [-0.39, 0.29) is 5.78 Å². The molecular weight excluding hydrogens is 196 g/mol. The van der Waals surface area contributed by atoms with Gasteiger partial charge in [-0.1, -0.05) is 6.92 Å². The van der Waals surface area contributed by atoms with Crippen LogP contribution >= 0.6 is 0 Å². The number of methoxy groups -OCH3 is 2. The SMILES string of the molecule is COC(=O)[C@@]1(C)C(OC)=C(C)C(=O)[C@H]1C. The van der Waals surface area contributed by atoms with Crippen LogP contribution in [0.25, 0.3) is 0 Å². The first-order valence-corrected chi connectivity index (χ1v) is 4.79. The Hall–Kier alpha value is -1.32. The van der Waals surface area contributed by atoms with Gasteiger partial charge in [0.2, 0.25) is 0 Å². The van der Waals surface area contributed by atoms with Crippen molar-refractivity contribution in [2.24, 2.45) is 11.3 Å². The second-order valence-corrected chi connectivity index (χ2v) is 3.94. The lowest BCUT2D eigenvalue weighted by molar-refractivity contribution is -0.155. The van der Waals surface area contributed by atoms with E-state index in [0.29, 0.717) is 11.3 Å². The molecule has 0 aromatic rings. The predicted molar refractivity (Wildman–Crippen MR) is 54.0 cm³/mol. The van der Waals surface area contributed by atoms with Gasteiger partial charge in [-0.3, -0.25) is 9.59 Å². The summed E-state index contributed by atoms with van der Waals surface area (Å²) >= 11 is 0. The highest BCUT2D eigenvalue weighted by atomic mass is 16.5. The van der Waals surface area contributed by atoms with Crippen molar-refractivity contribution in [2.45, 2.75) is 20.8 Å². The van der Waals surface area contributed by atoms with Crippen LogP contribution in [0.1, 0.15) is 20.8 Å². The third-order valence-corrected chi connectivity index (χ3v) is 3.25. The number of ether oxygens (including phenoxy) is 2. The van der Waals surface area contributed by atoms with E-state index in [1.807, 2.05) is 0 Å². The van der Waals surface area contributed by atoms with Crippen molar-refractivity contribution in [3.63, 3.8) is 0 Å². The van der Waals surface area contributed by atoms with Gasteiger partial charge in [0.25, 0.3) is 0 Å². The van der Waals surface area contributed by atoms with Crippen LogP contribution in [-0.2, 0) is 19.1 Å². The molecule has 1 aliphatic rings. The highest BCUT2D eigenvalue weighted by Gasteiger charge is 2.54. The standard InChI is InChI=1S/C11H16O4/c1-6-8(12)7(2)11(3,9(6)14-4)10(13)15-5/h7H,1-5H3/t7-,11-/m1/s1. The molecule has 0 saturated carbocycles. The molecule has 0 aromatic heterocycles. The second-order valence-electron chi connectivity index (χ2n) is 3.94. The first kappa shape index (κ1) is 11.8. The Morgan fingerprint density at radius 2 is 1.93 bits per heavy atom. The van der Waals surface area contributed by atoms with Crippen molar-refractivity contribution in [3.05, 3.63) is 11.3 Å². The van der Waals surface area contributed by atoms with Crippen LogP contribution in [0, 0.1) is 11.3 Å². The summed E-state index contributed by atoms with van der Waals surface area (Å²) in [5.41, 5.74) is -0.470. The fourth-order valence-corrected chi connectivity index (χ4v) is 2.13. The summed E-state index contributed by atoms with van der Waals surface area (Å²) in [4.78, 5) is 23.5. The summed E-state index contributed by atoms with van der Waals surface area (Å²) in [6, 6.07) is 0. The van der Waals surface area contributed by atoms with Gasteiger partial charge in [0.1, 0.15) is 11.2 Å². The molecule has 15 heavy (non-hydrogen) atoms. The summed E-state index contributed by atoms with van der Waals surface area (Å²) in [5.74, 6) is -0.497. The number of allylic oxidation sites excluding steroid dienone is 1. The number of Topliss-reactive ketones (excluding diaryl/α,β-unsaturated/α-hetero) is 1. The second kappa shape index (κ2) is 3.68. The van der Waals surface area contributed by atoms with Gasteiger partial charge in [-0.2, -0.15) is 0 Å². The van der Waals surface area contributed by atoms with E-state index in [1.165, 1.54) is 14.2 Å². The topological polar surface area (TPSA) is 52.6 Å². The van der Waals surface area contributed by atoms with E-state index >= 15 is 0 Å². The molecule has 84 valence electrons. The molecule has 0 fully saturated rings. The van der Waals surface area contributed by atoms with E-state index in [4.69, 9.17) is 9.47 Å². The minimum absolute atomic E-state index is 0.0558. The van der Waals surface area contributed by atoms with Gasteiger partial charge in [-0.25, -0.2) is 0 Å². The fourth-order valence-electron chi connectivity index (χ4n) is 2.13. The molecule has 0 aliphatic heterocycles. The largest absolute Gasteiger partial charge is 0.499 e. The van der Waals surface area contributed by atoms with Crippen molar-refractivity contribution in [1.82, 2.24) is 0 Å². The average Bonchev–Trinajstić information content (AvgIpc) is 2.40. The molecule has 0 radical (unpaired) electrons. The van der Waals surface area contributed by atoms with Crippen LogP contribution in [-0.4, -0.2) is 26.0 Å². The smallest absolute Gasteiger partial charge is 0.319 e. The number of esters is 1. The molecule has 0 unspecified atom stereocenters. The number of carbonyl (C=O) groups excluding carboxylic acids is 2. The van der Waals surface area contributed by atoms with Crippen molar-refractivity contribution >= 4 is 11.8 Å². The van der Waals surface area contributed by atoms with E-state index in [0.717, 1.165) is 0 Å². The molecule has 0 amide bonds. The van der Waals surface area contributed by atoms with Crippen LogP contribution in [0.2, 0.25) is 0 Å². The molecule has 4 nitrogen and oxygen atoms in total. The van der Waals surface area contributed by atoms with Gasteiger partial charge < -0.3 is 9.47 Å². The maximum absolute atomic E-state index is 11.8. The summed E-state index contributed by atoms with van der Waals surface area (Å²) in [5, 5.41) is 0. The normalized spacial score (nSPS) is 30.7. The van der Waals surface area contributed by atoms with Gasteiger partial charge in [-0.15, -0.1) is 0 Å². The minimum atomic E-state index is -0.981. The van der Waals surface area contributed by atoms with Gasteiger partial charge >= 0.3 is 5.97 Å². The molecule has 0 spiro atoms. The highest BCUT2D eigenvalue weighted by Crippen LogP contribution is 2.45. The Morgan fingerprint density at radius 3 is 2.33 bits per heavy atom. The van der Waals surface area contributed by atoms with E-state index < -0.39 is 17.3 Å². The average molecular weight is 212 g/mol. The number of hydrogen-bond acceptors (Lipinski definition) is 4. The van der Waals surface area contributed by atoms with Crippen molar-refractivity contribution < 1.29 is 19.1 Å². The molecule has 2 atom stereocenters. The summed E-state index contributed by atoms with van der Waals surface area (Å²) in [7, 11) is 2.77. The Morgan fingerprint density at radius 1 is 1.40 bits per heavy atom. The maximum Gasteiger partial charge on any atom is 0.319 e. The zero-order valence-electron chi connectivity index (χ0n) is 9.71. The fraction of sp³-hybridized carbons (Fsp3) is 0.636. The Kier molecular flexibility index (Phi) is 2.88. The van der Waals surface area contributed by atoms with E-state index in [1.54, 1.807) is 20.8 Å². The lowest BCUT2D eigenvalue weighted by atomic mass is 9.79. The Balaban J connectivity index is 3.29. The van der Waals surface area contributed by atoms with Crippen LogP contribution in [0.4, 0.5) is 0 Å². The number of carbonyl (C=O) groups is 2. The monoisotopic (exact) mass is 212 g/mol. The van der Waals surface area contributed by atoms with Gasteiger partial charge in [0.05, 0.1) is 14.2 Å². The first-order chi connectivity index (χ1) is 6.91. The minimum Gasteiger partial charge on any atom is -0.499 e. The molecule has 0 saturated heterocycles. The third kappa shape index (κ3) is 1.35. The zero-order valence-corrected chi connectivity index (χ0v) is 9.71. The predicted octanol–water partition coefficient (Wildman–Crippen LogP) is 1.30. The van der Waals surface area contributed by atoms with Crippen LogP contribution in [0.15, 0.2) is 11.3 Å². The van der Waals surface area contributed by atoms with Crippen molar-refractivity contribution in [1.29, 1.82) is 0 Å². The molecule has 0 heterocycles. The maximum atomic E-state index is 11.8. The molecular formula is C11H16O4. The van der Waals surface area contributed by atoms with Crippen LogP contribution < -0.4 is 0 Å². The van der Waals surface area contributed by atoms with Crippen molar-refractivity contribution in [3.8, 4) is 0 Å². The Labute approximate surface area is 89.2 Å². The number of ketones is 1. The molecule has 0 bridgehead atoms. The lowest BCUT2D eigenvalue weighted by Crippen LogP contribution is -2.36. The van der Waals surface area contributed by atoms with Crippen molar-refractivity contribution in [2.75, 3.05) is 14.2 Å². The van der Waals surface area contributed by atoms with E-state index in [9.17, 15) is 9.59 Å². The summed E-state index contributed by atoms with van der Waals surface area (Å²) in [6.07, 6.45) is 0. The number of rotatable bonds is 2. The zero-order chi connectivity index (χ0) is 11.8. The van der Waals surface area contributed by atoms with Crippen LogP contribution in [0.3, 0.4) is 0 Å².